The predicted octanol–water partition coefficient (Wildman–Crippen LogP) is 3.93. The van der Waals surface area contributed by atoms with E-state index in [1.807, 2.05) is 7.05 Å². The number of rotatable bonds is 8. The van der Waals surface area contributed by atoms with Crippen molar-refractivity contribution in [1.82, 2.24) is 25.1 Å². The molecule has 2 aliphatic rings. The van der Waals surface area contributed by atoms with E-state index in [4.69, 9.17) is 0 Å². The largest absolute Gasteiger partial charge is 0.421 e. The van der Waals surface area contributed by atoms with Crippen LogP contribution in [0.4, 0.5) is 35.0 Å². The molecule has 1 aliphatic heterocycles. The van der Waals surface area contributed by atoms with Gasteiger partial charge in [0.2, 0.25) is 11.9 Å². The molecule has 0 radical (unpaired) electrons. The van der Waals surface area contributed by atoms with Crippen LogP contribution < -0.4 is 16.0 Å². The molecule has 2 atom stereocenters. The molecular formula is C26H35F4N7O2. The zero-order valence-corrected chi connectivity index (χ0v) is 21.0. The number of carbonyl (C=O) groups excluding carboxylic acids is 2. The SMILES string of the molecule is C.CN1CCN(C(=O)c2ccc(Nc3ncc(C(F)(F)F)c(N[C@@H]4CCC[C@@H]4C(=O)NCCF)n3)cc2)CC1. The molecule has 4 rings (SSSR count). The van der Waals surface area contributed by atoms with Crippen molar-refractivity contribution in [3.8, 4) is 0 Å². The van der Waals surface area contributed by atoms with Gasteiger partial charge in [-0.05, 0) is 44.2 Å². The van der Waals surface area contributed by atoms with E-state index in [0.717, 1.165) is 13.1 Å². The molecule has 2 amide bonds. The summed E-state index contributed by atoms with van der Waals surface area (Å²) in [7, 11) is 2.00. The van der Waals surface area contributed by atoms with E-state index < -0.39 is 42.1 Å². The Balaban J connectivity index is 0.00000420. The minimum atomic E-state index is -4.71. The summed E-state index contributed by atoms with van der Waals surface area (Å²) in [5, 5.41) is 8.14. The van der Waals surface area contributed by atoms with Crippen molar-refractivity contribution in [3.05, 3.63) is 41.6 Å². The highest BCUT2D eigenvalue weighted by atomic mass is 19.4. The lowest BCUT2D eigenvalue weighted by Crippen LogP contribution is -2.47. The molecule has 2 heterocycles. The highest BCUT2D eigenvalue weighted by molar-refractivity contribution is 5.94. The van der Waals surface area contributed by atoms with Crippen LogP contribution in [0.15, 0.2) is 30.5 Å². The van der Waals surface area contributed by atoms with Crippen molar-refractivity contribution in [1.29, 1.82) is 0 Å². The maximum atomic E-state index is 13.7. The third kappa shape index (κ3) is 7.55. The molecule has 1 aromatic heterocycles. The first-order chi connectivity index (χ1) is 18.2. The Labute approximate surface area is 225 Å². The second-order valence-corrected chi connectivity index (χ2v) is 9.52. The lowest BCUT2D eigenvalue weighted by Gasteiger charge is -2.32. The number of anilines is 3. The van der Waals surface area contributed by atoms with E-state index in [2.05, 4.69) is 30.8 Å². The van der Waals surface area contributed by atoms with Gasteiger partial charge in [0.15, 0.2) is 0 Å². The Bertz CT molecular complexity index is 1120. The first kappa shape index (κ1) is 30.1. The molecule has 1 aliphatic carbocycles. The van der Waals surface area contributed by atoms with Crippen LogP contribution in [0.1, 0.15) is 42.6 Å². The first-order valence-corrected chi connectivity index (χ1v) is 12.5. The van der Waals surface area contributed by atoms with Crippen LogP contribution in [0.5, 0.6) is 0 Å². The summed E-state index contributed by atoms with van der Waals surface area (Å²) >= 11 is 0. The van der Waals surface area contributed by atoms with Crippen LogP contribution in [-0.4, -0.2) is 84.1 Å². The summed E-state index contributed by atoms with van der Waals surface area (Å²) in [6.45, 7) is 2.03. The Kier molecular flexibility index (Phi) is 10.1. The number of likely N-dealkylation sites (N-methyl/N-ethyl adjacent to an activating group) is 1. The van der Waals surface area contributed by atoms with Crippen molar-refractivity contribution in [2.45, 2.75) is 38.9 Å². The number of alkyl halides is 4. The van der Waals surface area contributed by atoms with Crippen molar-refractivity contribution >= 4 is 29.3 Å². The number of nitrogens with zero attached hydrogens (tertiary/aromatic N) is 4. The third-order valence-corrected chi connectivity index (χ3v) is 6.84. The smallest absolute Gasteiger partial charge is 0.366 e. The average Bonchev–Trinajstić information content (AvgIpc) is 3.35. The number of piperazine rings is 1. The molecule has 0 bridgehead atoms. The molecule has 1 saturated carbocycles. The highest BCUT2D eigenvalue weighted by Crippen LogP contribution is 2.36. The summed E-state index contributed by atoms with van der Waals surface area (Å²) in [4.78, 5) is 37.0. The molecule has 2 fully saturated rings. The lowest BCUT2D eigenvalue weighted by molar-refractivity contribution is -0.137. The number of halogens is 4. The minimum Gasteiger partial charge on any atom is -0.366 e. The van der Waals surface area contributed by atoms with E-state index in [1.165, 1.54) is 0 Å². The number of amides is 2. The number of hydrogen-bond donors (Lipinski definition) is 3. The fourth-order valence-electron chi connectivity index (χ4n) is 4.70. The number of nitrogens with one attached hydrogen (secondary N) is 3. The van der Waals surface area contributed by atoms with Crippen molar-refractivity contribution in [2.24, 2.45) is 5.92 Å². The summed E-state index contributed by atoms with van der Waals surface area (Å²) in [5.41, 5.74) is -0.0462. The maximum absolute atomic E-state index is 13.7. The van der Waals surface area contributed by atoms with Crippen molar-refractivity contribution in [2.75, 3.05) is 57.1 Å². The van der Waals surface area contributed by atoms with Gasteiger partial charge in [0.05, 0.1) is 5.92 Å². The van der Waals surface area contributed by atoms with Gasteiger partial charge >= 0.3 is 6.18 Å². The van der Waals surface area contributed by atoms with E-state index >= 15 is 0 Å². The summed E-state index contributed by atoms with van der Waals surface area (Å²) in [6.07, 6.45) is -2.43. The lowest BCUT2D eigenvalue weighted by atomic mass is 10.0. The Hall–Kier alpha value is -3.48. The van der Waals surface area contributed by atoms with Gasteiger partial charge in [0.1, 0.15) is 18.1 Å². The molecule has 39 heavy (non-hydrogen) atoms. The predicted molar refractivity (Wildman–Crippen MR) is 141 cm³/mol. The van der Waals surface area contributed by atoms with Crippen LogP contribution >= 0.6 is 0 Å². The normalized spacial score (nSPS) is 19.8. The highest BCUT2D eigenvalue weighted by Gasteiger charge is 2.38. The Morgan fingerprint density at radius 1 is 1.08 bits per heavy atom. The third-order valence-electron chi connectivity index (χ3n) is 6.84. The zero-order valence-electron chi connectivity index (χ0n) is 21.0. The second-order valence-electron chi connectivity index (χ2n) is 9.52. The first-order valence-electron chi connectivity index (χ1n) is 12.5. The summed E-state index contributed by atoms with van der Waals surface area (Å²) < 4.78 is 53.5. The van der Waals surface area contributed by atoms with Crippen LogP contribution in [0.25, 0.3) is 0 Å². The van der Waals surface area contributed by atoms with Crippen LogP contribution in [0.3, 0.4) is 0 Å². The van der Waals surface area contributed by atoms with Crippen LogP contribution in [-0.2, 0) is 11.0 Å². The Morgan fingerprint density at radius 3 is 2.41 bits per heavy atom. The van der Waals surface area contributed by atoms with Gasteiger partial charge < -0.3 is 25.8 Å². The number of benzene rings is 1. The standard InChI is InChI=1S/C25H31F4N7O2.CH4/c1-35-11-13-36(14-12-35)23(38)16-5-7-17(8-6-16)32-24-31-15-19(25(27,28)29)21(34-24)33-20-4-2-3-18(20)22(37)30-10-9-26;/h5-8,15,18,20H,2-4,9-14H2,1H3,(H,30,37)(H2,31,32,33,34);1H4/t18-,20+;/m0./s1. The topological polar surface area (TPSA) is 102 Å². The van der Waals surface area contributed by atoms with Gasteiger partial charge in [-0.1, -0.05) is 13.8 Å². The van der Waals surface area contributed by atoms with Gasteiger partial charge in [-0.2, -0.15) is 18.2 Å². The van der Waals surface area contributed by atoms with Crippen molar-refractivity contribution in [3.63, 3.8) is 0 Å². The minimum absolute atomic E-state index is 0. The fraction of sp³-hybridized carbons (Fsp3) is 0.538. The zero-order chi connectivity index (χ0) is 27.3. The molecule has 0 unspecified atom stereocenters. The molecule has 13 heteroatoms. The molecule has 2 aromatic rings. The maximum Gasteiger partial charge on any atom is 0.421 e. The Morgan fingerprint density at radius 2 is 1.77 bits per heavy atom. The van der Waals surface area contributed by atoms with Gasteiger partial charge in [-0.15, -0.1) is 0 Å². The van der Waals surface area contributed by atoms with Crippen LogP contribution in [0.2, 0.25) is 0 Å². The quantitative estimate of drug-likeness (QED) is 0.426. The molecule has 9 nitrogen and oxygen atoms in total. The van der Waals surface area contributed by atoms with Crippen molar-refractivity contribution < 1.29 is 27.2 Å². The molecule has 0 spiro atoms. The van der Waals surface area contributed by atoms with Crippen LogP contribution in [0, 0.1) is 5.92 Å². The number of carbonyl (C=O) groups is 2. The summed E-state index contributed by atoms with van der Waals surface area (Å²) in [5.74, 6) is -1.59. The van der Waals surface area contributed by atoms with E-state index in [9.17, 15) is 27.2 Å². The number of hydrogen-bond acceptors (Lipinski definition) is 7. The van der Waals surface area contributed by atoms with E-state index in [1.54, 1.807) is 29.2 Å². The fourth-order valence-corrected chi connectivity index (χ4v) is 4.70. The second kappa shape index (κ2) is 13.0. The molecule has 1 saturated heterocycles. The number of aromatic nitrogens is 2. The monoisotopic (exact) mass is 553 g/mol. The molecule has 3 N–H and O–H groups in total. The molecule has 1 aromatic carbocycles. The van der Waals surface area contributed by atoms with E-state index in [0.29, 0.717) is 49.8 Å². The van der Waals surface area contributed by atoms with Gasteiger partial charge in [-0.3, -0.25) is 9.59 Å². The van der Waals surface area contributed by atoms with E-state index in [-0.39, 0.29) is 25.8 Å². The summed E-state index contributed by atoms with van der Waals surface area (Å²) in [6, 6.07) is 5.98. The van der Waals surface area contributed by atoms with Gasteiger partial charge in [0, 0.05) is 56.2 Å². The van der Waals surface area contributed by atoms with Gasteiger partial charge in [-0.25, -0.2) is 9.37 Å². The van der Waals surface area contributed by atoms with Gasteiger partial charge in [0.25, 0.3) is 5.91 Å². The average molecular weight is 554 g/mol. The molecular weight excluding hydrogens is 518 g/mol. The molecule has 214 valence electrons.